The Hall–Kier alpha value is -2.45. The number of carboxylic acid groups (broad SMARTS) is 1. The number of benzene rings is 2. The maximum absolute atomic E-state index is 12.1. The summed E-state index contributed by atoms with van der Waals surface area (Å²) in [7, 11) is 0. The van der Waals surface area contributed by atoms with Crippen molar-refractivity contribution in [3.63, 3.8) is 0 Å². The zero-order chi connectivity index (χ0) is 22.6. The van der Waals surface area contributed by atoms with Gasteiger partial charge in [0.15, 0.2) is 0 Å². The maximum Gasteiger partial charge on any atom is 0.323 e. The standard InChI is InChI=1S/C24H27N3O4S/c25-20(22(29)30)21-26-23(31-16-18-9-5-2-6-10-18)24(32-21)11-12-27(14-19(24)15-28)13-17-7-3-1-4-8-17/h1-10,20-21,23,26H,11-14,16,25H2,(H,29,30). The van der Waals surface area contributed by atoms with Gasteiger partial charge < -0.3 is 15.6 Å². The van der Waals surface area contributed by atoms with E-state index < -0.39 is 28.4 Å². The molecule has 2 heterocycles. The van der Waals surface area contributed by atoms with E-state index in [2.05, 4.69) is 28.3 Å². The lowest BCUT2D eigenvalue weighted by molar-refractivity contribution is -0.138. The number of hydrogen-bond acceptors (Lipinski definition) is 7. The number of aliphatic carboxylic acids is 1. The fraction of sp³-hybridized carbons (Fsp3) is 0.375. The number of nitrogens with two attached hydrogens (primary N) is 1. The molecule has 7 nitrogen and oxygen atoms in total. The highest BCUT2D eigenvalue weighted by Gasteiger charge is 2.55. The first-order valence-electron chi connectivity index (χ1n) is 10.6. The molecule has 2 saturated heterocycles. The van der Waals surface area contributed by atoms with Gasteiger partial charge in [0.1, 0.15) is 18.2 Å². The van der Waals surface area contributed by atoms with Gasteiger partial charge in [-0.1, -0.05) is 60.7 Å². The van der Waals surface area contributed by atoms with Gasteiger partial charge in [0.25, 0.3) is 0 Å². The molecule has 2 aliphatic rings. The minimum Gasteiger partial charge on any atom is -0.480 e. The molecule has 0 radical (unpaired) electrons. The molecule has 168 valence electrons. The van der Waals surface area contributed by atoms with Crippen molar-refractivity contribution in [1.82, 2.24) is 10.2 Å². The largest absolute Gasteiger partial charge is 0.480 e. The Morgan fingerprint density at radius 3 is 2.50 bits per heavy atom. The van der Waals surface area contributed by atoms with Crippen LogP contribution in [0.15, 0.2) is 66.2 Å². The second-order valence-electron chi connectivity index (χ2n) is 8.16. The number of nitrogens with zero attached hydrogens (tertiary/aromatic N) is 1. The minimum absolute atomic E-state index is 0.343. The summed E-state index contributed by atoms with van der Waals surface area (Å²) in [6.45, 7) is 2.27. The highest BCUT2D eigenvalue weighted by atomic mass is 32.2. The summed E-state index contributed by atoms with van der Waals surface area (Å²) in [6.07, 6.45) is 0.0862. The number of ether oxygens (including phenoxy) is 1. The Kier molecular flexibility index (Phi) is 7.10. The molecule has 2 aromatic rings. The highest BCUT2D eigenvalue weighted by molar-refractivity contribution is 8.01. The van der Waals surface area contributed by atoms with Crippen LogP contribution in [0.4, 0.5) is 0 Å². The van der Waals surface area contributed by atoms with Crippen LogP contribution in [-0.2, 0) is 27.5 Å². The number of rotatable bonds is 7. The molecule has 4 N–H and O–H groups in total. The average molecular weight is 454 g/mol. The van der Waals surface area contributed by atoms with Crippen LogP contribution in [0.2, 0.25) is 0 Å². The number of likely N-dealkylation sites (tertiary alicyclic amines) is 1. The van der Waals surface area contributed by atoms with Crippen LogP contribution in [0.1, 0.15) is 17.5 Å². The summed E-state index contributed by atoms with van der Waals surface area (Å²) in [5.74, 6) is 1.07. The van der Waals surface area contributed by atoms with Crippen LogP contribution in [0, 0.1) is 0 Å². The first-order valence-corrected chi connectivity index (χ1v) is 11.5. The van der Waals surface area contributed by atoms with Crippen molar-refractivity contribution in [2.45, 2.75) is 42.0 Å². The van der Waals surface area contributed by atoms with Crippen molar-refractivity contribution in [2.24, 2.45) is 5.73 Å². The van der Waals surface area contributed by atoms with Crippen molar-refractivity contribution in [2.75, 3.05) is 13.1 Å². The normalized spacial score (nSPS) is 26.7. The van der Waals surface area contributed by atoms with Crippen molar-refractivity contribution in [1.29, 1.82) is 0 Å². The van der Waals surface area contributed by atoms with Gasteiger partial charge in [-0.05, 0) is 17.5 Å². The van der Waals surface area contributed by atoms with Crippen molar-refractivity contribution in [3.8, 4) is 0 Å². The number of carboxylic acids is 1. The minimum atomic E-state index is -1.11. The zero-order valence-electron chi connectivity index (χ0n) is 17.6. The van der Waals surface area contributed by atoms with E-state index in [-0.39, 0.29) is 0 Å². The Bertz CT molecular complexity index is 983. The molecule has 4 rings (SSSR count). The smallest absolute Gasteiger partial charge is 0.323 e. The number of nitrogens with one attached hydrogen (secondary N) is 1. The maximum atomic E-state index is 12.1. The quantitative estimate of drug-likeness (QED) is 0.547. The molecule has 0 bridgehead atoms. The van der Waals surface area contributed by atoms with Crippen molar-refractivity contribution < 1.29 is 19.4 Å². The van der Waals surface area contributed by atoms with Crippen LogP contribution >= 0.6 is 11.8 Å². The van der Waals surface area contributed by atoms with Crippen molar-refractivity contribution in [3.05, 3.63) is 77.4 Å². The predicted octanol–water partition coefficient (Wildman–Crippen LogP) is 2.01. The second kappa shape index (κ2) is 10.0. The van der Waals surface area contributed by atoms with Crippen LogP contribution in [0.3, 0.4) is 0 Å². The molecule has 32 heavy (non-hydrogen) atoms. The molecule has 0 aliphatic carbocycles. The highest BCUT2D eigenvalue weighted by Crippen LogP contribution is 2.49. The molecule has 2 fully saturated rings. The van der Waals surface area contributed by atoms with Gasteiger partial charge in [-0.15, -0.1) is 11.8 Å². The first kappa shape index (κ1) is 22.7. The van der Waals surface area contributed by atoms with Gasteiger partial charge >= 0.3 is 5.97 Å². The molecule has 1 spiro atoms. The average Bonchev–Trinajstić information content (AvgIpc) is 3.18. The van der Waals surface area contributed by atoms with Crippen LogP contribution in [0.5, 0.6) is 0 Å². The third-order valence-corrected chi connectivity index (χ3v) is 7.78. The lowest BCUT2D eigenvalue weighted by atomic mass is 9.88. The fourth-order valence-corrected chi connectivity index (χ4v) is 5.90. The van der Waals surface area contributed by atoms with Gasteiger partial charge in [0.05, 0.1) is 16.7 Å². The summed E-state index contributed by atoms with van der Waals surface area (Å²) >= 11 is 1.39. The zero-order valence-corrected chi connectivity index (χ0v) is 18.5. The number of thioether (sulfide) groups is 1. The number of carbonyl (C=O) groups excluding carboxylic acids is 1. The number of hydrogen-bond donors (Lipinski definition) is 3. The first-order chi connectivity index (χ1) is 15.5. The Balaban J connectivity index is 1.54. The molecule has 0 amide bonds. The van der Waals surface area contributed by atoms with Gasteiger partial charge in [-0.2, -0.15) is 0 Å². The van der Waals surface area contributed by atoms with E-state index in [1.54, 1.807) is 0 Å². The van der Waals surface area contributed by atoms with E-state index >= 15 is 0 Å². The third kappa shape index (κ3) is 4.81. The molecule has 2 aromatic carbocycles. The third-order valence-electron chi connectivity index (χ3n) is 6.01. The monoisotopic (exact) mass is 453 g/mol. The summed E-state index contributed by atoms with van der Waals surface area (Å²) in [4.78, 5) is 25.9. The van der Waals surface area contributed by atoms with E-state index in [0.717, 1.165) is 18.7 Å². The topological polar surface area (TPSA) is 105 Å². The number of piperidine rings is 1. The number of carbonyl (C=O) groups is 1. The van der Waals surface area contributed by atoms with E-state index in [0.29, 0.717) is 25.1 Å². The summed E-state index contributed by atoms with van der Waals surface area (Å²) in [5, 5.41) is 12.1. The summed E-state index contributed by atoms with van der Waals surface area (Å²) in [6, 6.07) is 18.7. The Labute approximate surface area is 191 Å². The Morgan fingerprint density at radius 2 is 1.88 bits per heavy atom. The molecule has 2 aliphatic heterocycles. The van der Waals surface area contributed by atoms with Gasteiger partial charge in [0.2, 0.25) is 0 Å². The fourth-order valence-electron chi connectivity index (χ4n) is 4.28. The van der Waals surface area contributed by atoms with E-state index in [1.807, 2.05) is 48.5 Å². The molecule has 8 heteroatoms. The summed E-state index contributed by atoms with van der Waals surface area (Å²) < 4.78 is 5.52. The Morgan fingerprint density at radius 1 is 1.22 bits per heavy atom. The van der Waals surface area contributed by atoms with Crippen molar-refractivity contribution >= 4 is 23.7 Å². The predicted molar refractivity (Wildman–Crippen MR) is 123 cm³/mol. The van der Waals surface area contributed by atoms with E-state index in [1.165, 1.54) is 17.3 Å². The van der Waals surface area contributed by atoms with Crippen LogP contribution < -0.4 is 11.1 Å². The second-order valence-corrected chi connectivity index (χ2v) is 9.63. The lowest BCUT2D eigenvalue weighted by Crippen LogP contribution is -2.53. The summed E-state index contributed by atoms with van der Waals surface area (Å²) in [5.41, 5.74) is 8.69. The molecule has 0 aromatic heterocycles. The molecule has 4 atom stereocenters. The van der Waals surface area contributed by atoms with E-state index in [9.17, 15) is 14.7 Å². The van der Waals surface area contributed by atoms with Crippen LogP contribution in [-0.4, -0.2) is 57.4 Å². The lowest BCUT2D eigenvalue weighted by Gasteiger charge is -2.42. The SMILES string of the molecule is NC(C(=O)O)C1NC(OCc2ccccc2)C2(CCN(Cc3ccccc3)CC2=C=O)S1. The molecule has 4 unspecified atom stereocenters. The van der Waals surface area contributed by atoms with E-state index in [4.69, 9.17) is 10.5 Å². The van der Waals surface area contributed by atoms with Crippen LogP contribution in [0.25, 0.3) is 0 Å². The van der Waals surface area contributed by atoms with Gasteiger partial charge in [-0.25, -0.2) is 4.79 Å². The molecule has 0 saturated carbocycles. The molecular formula is C24H27N3O4S. The van der Waals surface area contributed by atoms with Gasteiger partial charge in [-0.3, -0.25) is 15.0 Å². The van der Waals surface area contributed by atoms with Gasteiger partial charge in [0, 0.05) is 25.2 Å². The molecular weight excluding hydrogens is 426 g/mol.